The number of carbonyl (C=O) groups excluding carboxylic acids is 1. The molecule has 5 rings (SSSR count). The maximum atomic E-state index is 14.2. The highest BCUT2D eigenvalue weighted by Crippen LogP contribution is 2.32. The first-order valence-corrected chi connectivity index (χ1v) is 11.9. The van der Waals surface area contributed by atoms with Crippen molar-refractivity contribution >= 4 is 11.6 Å². The van der Waals surface area contributed by atoms with E-state index in [1.807, 2.05) is 37.3 Å². The van der Waals surface area contributed by atoms with Gasteiger partial charge in [-0.25, -0.2) is 4.39 Å². The van der Waals surface area contributed by atoms with Crippen LogP contribution >= 0.6 is 0 Å². The minimum atomic E-state index is -0.329. The van der Waals surface area contributed by atoms with Crippen LogP contribution in [0.5, 0.6) is 5.75 Å². The maximum absolute atomic E-state index is 14.2. The number of phenolic OH excluding ortho intramolecular Hbond substituents is 1. The Kier molecular flexibility index (Phi) is 6.24. The Morgan fingerprint density at radius 3 is 2.85 bits per heavy atom. The molecule has 0 radical (unpaired) electrons. The summed E-state index contributed by atoms with van der Waals surface area (Å²) in [7, 11) is 0. The van der Waals surface area contributed by atoms with Crippen molar-refractivity contribution in [3.63, 3.8) is 0 Å². The van der Waals surface area contributed by atoms with Gasteiger partial charge >= 0.3 is 0 Å². The van der Waals surface area contributed by atoms with Crippen LogP contribution in [0.2, 0.25) is 0 Å². The highest BCUT2D eigenvalue weighted by atomic mass is 19.1. The van der Waals surface area contributed by atoms with Gasteiger partial charge in [0.2, 0.25) is 5.91 Å². The molecule has 6 heteroatoms. The average Bonchev–Trinajstić information content (AvgIpc) is 3.04. The van der Waals surface area contributed by atoms with E-state index in [0.29, 0.717) is 24.9 Å². The molecule has 0 saturated carbocycles. The van der Waals surface area contributed by atoms with Crippen molar-refractivity contribution in [3.8, 4) is 5.75 Å². The lowest BCUT2D eigenvalue weighted by atomic mass is 9.92. The second kappa shape index (κ2) is 9.47. The number of carbonyl (C=O) groups is 1. The number of benzene rings is 3. The van der Waals surface area contributed by atoms with Crippen LogP contribution in [0.15, 0.2) is 54.6 Å². The van der Waals surface area contributed by atoms with E-state index in [2.05, 4.69) is 22.0 Å². The van der Waals surface area contributed by atoms with Crippen LogP contribution in [-0.2, 0) is 24.1 Å². The fourth-order valence-electron chi connectivity index (χ4n) is 5.19. The van der Waals surface area contributed by atoms with Crippen LogP contribution in [0.25, 0.3) is 0 Å². The summed E-state index contributed by atoms with van der Waals surface area (Å²) in [5, 5.41) is 20.0. The monoisotopic (exact) mass is 459 g/mol. The molecule has 176 valence electrons. The quantitative estimate of drug-likeness (QED) is 0.473. The molecule has 2 aliphatic rings. The number of aromatic hydroxyl groups is 1. The molecule has 0 bridgehead atoms. The smallest absolute Gasteiger partial charge is 0.237 e. The molecule has 2 aliphatic heterocycles. The number of phenols is 1. The molecule has 5 nitrogen and oxygen atoms in total. The van der Waals surface area contributed by atoms with Gasteiger partial charge in [-0.05, 0) is 90.4 Å². The molecule has 0 spiro atoms. The van der Waals surface area contributed by atoms with E-state index in [0.717, 1.165) is 52.9 Å². The van der Waals surface area contributed by atoms with Crippen molar-refractivity contribution in [3.05, 3.63) is 93.8 Å². The summed E-state index contributed by atoms with van der Waals surface area (Å²) in [5.41, 5.74) is 6.99. The van der Waals surface area contributed by atoms with Crippen LogP contribution < -0.4 is 16.0 Å². The molecular formula is C28H30FN3O2. The Hall–Kier alpha value is -3.38. The van der Waals surface area contributed by atoms with Crippen molar-refractivity contribution in [2.75, 3.05) is 18.4 Å². The van der Waals surface area contributed by atoms with Gasteiger partial charge in [0.15, 0.2) is 0 Å². The van der Waals surface area contributed by atoms with Crippen molar-refractivity contribution in [2.45, 2.75) is 44.7 Å². The van der Waals surface area contributed by atoms with Crippen LogP contribution in [-0.4, -0.2) is 30.1 Å². The van der Waals surface area contributed by atoms with Crippen LogP contribution in [0, 0.1) is 12.7 Å². The maximum Gasteiger partial charge on any atom is 0.237 e. The molecule has 0 fully saturated rings. The lowest BCUT2D eigenvalue weighted by Gasteiger charge is -2.29. The normalized spacial score (nSPS) is 19.4. The lowest BCUT2D eigenvalue weighted by Crippen LogP contribution is -2.47. The van der Waals surface area contributed by atoms with Crippen molar-refractivity contribution in [2.24, 2.45) is 0 Å². The van der Waals surface area contributed by atoms with Gasteiger partial charge in [0, 0.05) is 18.7 Å². The molecule has 34 heavy (non-hydrogen) atoms. The zero-order valence-corrected chi connectivity index (χ0v) is 19.3. The van der Waals surface area contributed by atoms with Crippen LogP contribution in [0.3, 0.4) is 0 Å². The number of rotatable bonds is 4. The molecule has 1 amide bonds. The Morgan fingerprint density at radius 1 is 1.15 bits per heavy atom. The topological polar surface area (TPSA) is 73.4 Å². The SMILES string of the molecule is Cc1cc(O)cc2c1C[C@@H](C(=O)N[C@@H]1CCNc3ccc(Cc4ccccc4F)cc31)NCC2. The molecule has 2 atom stereocenters. The van der Waals surface area contributed by atoms with E-state index in [4.69, 9.17) is 0 Å². The summed E-state index contributed by atoms with van der Waals surface area (Å²) in [6.07, 6.45) is 2.67. The molecule has 3 aromatic rings. The Bertz CT molecular complexity index is 1230. The Labute approximate surface area is 199 Å². The molecular weight excluding hydrogens is 429 g/mol. The van der Waals surface area contributed by atoms with Gasteiger partial charge in [0.1, 0.15) is 11.6 Å². The Balaban J connectivity index is 1.34. The van der Waals surface area contributed by atoms with Gasteiger partial charge < -0.3 is 21.1 Å². The van der Waals surface area contributed by atoms with E-state index in [1.54, 1.807) is 12.1 Å². The second-order valence-electron chi connectivity index (χ2n) is 9.33. The summed E-state index contributed by atoms with van der Waals surface area (Å²) in [6.45, 7) is 3.45. The van der Waals surface area contributed by atoms with Crippen molar-refractivity contribution in [1.82, 2.24) is 10.6 Å². The molecule has 0 aliphatic carbocycles. The van der Waals surface area contributed by atoms with Gasteiger partial charge in [0.25, 0.3) is 0 Å². The van der Waals surface area contributed by atoms with Gasteiger partial charge in [-0.3, -0.25) is 4.79 Å². The first-order valence-electron chi connectivity index (χ1n) is 11.9. The number of hydrogen-bond donors (Lipinski definition) is 4. The molecule has 4 N–H and O–H groups in total. The number of nitrogens with one attached hydrogen (secondary N) is 3. The van der Waals surface area contributed by atoms with Gasteiger partial charge in [0.05, 0.1) is 12.1 Å². The lowest BCUT2D eigenvalue weighted by molar-refractivity contribution is -0.123. The number of amides is 1. The summed E-state index contributed by atoms with van der Waals surface area (Å²) in [6, 6.07) is 16.1. The summed E-state index contributed by atoms with van der Waals surface area (Å²) < 4.78 is 14.2. The van der Waals surface area contributed by atoms with E-state index < -0.39 is 0 Å². The van der Waals surface area contributed by atoms with Crippen molar-refractivity contribution < 1.29 is 14.3 Å². The minimum absolute atomic E-state index is 0.0160. The number of hydrogen-bond acceptors (Lipinski definition) is 4. The molecule has 0 saturated heterocycles. The average molecular weight is 460 g/mol. The van der Waals surface area contributed by atoms with E-state index in [9.17, 15) is 14.3 Å². The number of halogens is 1. The predicted molar refractivity (Wildman–Crippen MR) is 132 cm³/mol. The molecule has 2 heterocycles. The first-order chi connectivity index (χ1) is 16.5. The second-order valence-corrected chi connectivity index (χ2v) is 9.33. The number of fused-ring (bicyclic) bond motifs is 2. The third-order valence-electron chi connectivity index (χ3n) is 6.97. The standard InChI is InChI=1S/C28H30FN3O2/c1-17-12-21(33)15-19-8-10-31-27(16-22(17)19)28(34)32-26-9-11-30-25-7-6-18(14-23(25)26)13-20-4-2-3-5-24(20)29/h2-7,12,14-15,26-27,30-31,33H,8-11,13,16H2,1H3,(H,32,34)/t26-,27+/m1/s1. The number of anilines is 1. The summed E-state index contributed by atoms with van der Waals surface area (Å²) >= 11 is 0. The molecule has 0 unspecified atom stereocenters. The van der Waals surface area contributed by atoms with Gasteiger partial charge in [-0.2, -0.15) is 0 Å². The fraction of sp³-hybridized carbons (Fsp3) is 0.321. The van der Waals surface area contributed by atoms with Crippen molar-refractivity contribution in [1.29, 1.82) is 0 Å². The third kappa shape index (κ3) is 4.64. The highest BCUT2D eigenvalue weighted by Gasteiger charge is 2.28. The molecule has 0 aromatic heterocycles. The zero-order valence-electron chi connectivity index (χ0n) is 19.3. The largest absolute Gasteiger partial charge is 0.508 e. The zero-order chi connectivity index (χ0) is 23.7. The minimum Gasteiger partial charge on any atom is -0.508 e. The summed E-state index contributed by atoms with van der Waals surface area (Å²) in [4.78, 5) is 13.3. The van der Waals surface area contributed by atoms with Gasteiger partial charge in [-0.1, -0.05) is 30.3 Å². The molecule has 3 aromatic carbocycles. The van der Waals surface area contributed by atoms with Crippen LogP contribution in [0.1, 0.15) is 45.8 Å². The fourth-order valence-corrected chi connectivity index (χ4v) is 5.19. The van der Waals surface area contributed by atoms with E-state index >= 15 is 0 Å². The van der Waals surface area contributed by atoms with Crippen LogP contribution in [0.4, 0.5) is 10.1 Å². The third-order valence-corrected chi connectivity index (χ3v) is 6.97. The predicted octanol–water partition coefficient (Wildman–Crippen LogP) is 4.16. The Morgan fingerprint density at radius 2 is 2.00 bits per heavy atom. The number of aryl methyl sites for hydroxylation is 1. The van der Waals surface area contributed by atoms with Gasteiger partial charge in [-0.15, -0.1) is 0 Å². The first kappa shape index (κ1) is 22.4. The highest BCUT2D eigenvalue weighted by molar-refractivity contribution is 5.83. The van der Waals surface area contributed by atoms with E-state index in [1.165, 1.54) is 6.07 Å². The summed E-state index contributed by atoms with van der Waals surface area (Å²) in [5.74, 6) is 0.0564. The van der Waals surface area contributed by atoms with E-state index in [-0.39, 0.29) is 29.6 Å².